The quantitative estimate of drug-likeness (QED) is 0.252. The summed E-state index contributed by atoms with van der Waals surface area (Å²) in [5, 5.41) is 2.79. The van der Waals surface area contributed by atoms with Crippen molar-refractivity contribution in [3.05, 3.63) is 35.2 Å². The first-order valence-electron chi connectivity index (χ1n) is 8.78. The van der Waals surface area contributed by atoms with Crippen LogP contribution in [0.3, 0.4) is 0 Å². The van der Waals surface area contributed by atoms with Gasteiger partial charge in [-0.2, -0.15) is 0 Å². The van der Waals surface area contributed by atoms with Gasteiger partial charge >= 0.3 is 172 Å². The molecule has 1 N–H and O–H groups in total. The molecule has 1 aromatic heterocycles. The molecule has 0 spiro atoms. The summed E-state index contributed by atoms with van der Waals surface area (Å²) in [6.07, 6.45) is 1.41. The van der Waals surface area contributed by atoms with Gasteiger partial charge in [0, 0.05) is 0 Å². The Hall–Kier alpha value is -2.43. The fourth-order valence-corrected chi connectivity index (χ4v) is 5.10. The molecule has 1 saturated heterocycles. The first-order valence-corrected chi connectivity index (χ1v) is 12.0. The van der Waals surface area contributed by atoms with Crippen molar-refractivity contribution in [2.24, 2.45) is 0 Å². The number of urea groups is 1. The van der Waals surface area contributed by atoms with Crippen molar-refractivity contribution in [2.75, 3.05) is 16.4 Å². The average Bonchev–Trinajstić information content (AvgIpc) is 3.15. The zero-order valence-electron chi connectivity index (χ0n) is 15.8. The van der Waals surface area contributed by atoms with Gasteiger partial charge in [-0.1, -0.05) is 0 Å². The Morgan fingerprint density at radius 1 is 1.29 bits per heavy atom. The SMILES string of the molecule is C[I-][C@@]1(C)NC(=O)N(c2cnc3c(n2)C2(C)COc4c(C)ccc(c42)O3)C1=O. The van der Waals surface area contributed by atoms with Gasteiger partial charge in [-0.15, -0.1) is 0 Å². The zero-order valence-corrected chi connectivity index (χ0v) is 17.9. The molecule has 0 saturated carbocycles. The standard InChI is InChI=1S/C19H18IN4O4/c1-9-5-6-10-12-13(9)27-8-18(12,2)14-15(28-10)21-7-11(22-14)24-16(25)19(3,20-4)23-17(24)26/h5-7H,8H2,1-4H3,(H,23,26)/q-1/t18?,19-/m0/s1. The first-order chi connectivity index (χ1) is 13.3. The van der Waals surface area contributed by atoms with Gasteiger partial charge in [0.15, 0.2) is 0 Å². The third-order valence-corrected chi connectivity index (χ3v) is 8.47. The second kappa shape index (κ2) is 5.56. The van der Waals surface area contributed by atoms with Gasteiger partial charge in [-0.25, -0.2) is 0 Å². The van der Waals surface area contributed by atoms with E-state index in [9.17, 15) is 9.59 Å². The molecule has 2 aromatic rings. The number of carbonyl (C=O) groups excluding carboxylic acids is 2. The topological polar surface area (TPSA) is 93.7 Å². The number of nitrogens with zero attached hydrogens (tertiary/aromatic N) is 3. The maximum absolute atomic E-state index is 12.9. The summed E-state index contributed by atoms with van der Waals surface area (Å²) in [5.41, 5.74) is 1.97. The molecule has 3 aliphatic heterocycles. The van der Waals surface area contributed by atoms with Crippen molar-refractivity contribution in [2.45, 2.75) is 29.7 Å². The van der Waals surface area contributed by atoms with E-state index >= 15 is 0 Å². The predicted octanol–water partition coefficient (Wildman–Crippen LogP) is -0.920. The van der Waals surface area contributed by atoms with Crippen molar-refractivity contribution in [3.8, 4) is 17.4 Å². The van der Waals surface area contributed by atoms with Gasteiger partial charge in [0.25, 0.3) is 0 Å². The molecule has 2 atom stereocenters. The molecule has 0 bridgehead atoms. The van der Waals surface area contributed by atoms with Crippen molar-refractivity contribution in [3.63, 3.8) is 0 Å². The number of benzene rings is 1. The number of halogens is 1. The number of fused-ring (bicyclic) bond motifs is 2. The average molecular weight is 493 g/mol. The molecule has 5 rings (SSSR count). The normalized spacial score (nSPS) is 27.2. The number of ether oxygens (including phenoxy) is 2. The van der Waals surface area contributed by atoms with E-state index in [1.807, 2.05) is 30.9 Å². The Morgan fingerprint density at radius 2 is 2.07 bits per heavy atom. The Balaban J connectivity index is 1.64. The number of aromatic nitrogens is 2. The van der Waals surface area contributed by atoms with E-state index in [1.165, 1.54) is 6.20 Å². The number of alkyl halides is 2. The van der Waals surface area contributed by atoms with Crippen LogP contribution in [0, 0.1) is 6.92 Å². The van der Waals surface area contributed by atoms with Gasteiger partial charge in [-0.05, 0) is 0 Å². The van der Waals surface area contributed by atoms with E-state index in [-0.39, 0.29) is 11.7 Å². The fourth-order valence-electron chi connectivity index (χ4n) is 3.90. The number of carbonyl (C=O) groups is 2. The molecule has 0 radical (unpaired) electrons. The van der Waals surface area contributed by atoms with E-state index in [1.54, 1.807) is 6.92 Å². The Kier molecular flexibility index (Phi) is 3.50. The summed E-state index contributed by atoms with van der Waals surface area (Å²) in [4.78, 5) is 37.5. The van der Waals surface area contributed by atoms with Gasteiger partial charge < -0.3 is 0 Å². The van der Waals surface area contributed by atoms with E-state index in [0.29, 0.717) is 23.9 Å². The molecule has 4 heterocycles. The second-order valence-electron chi connectivity index (χ2n) is 7.45. The third-order valence-electron chi connectivity index (χ3n) is 5.59. The van der Waals surface area contributed by atoms with Crippen LogP contribution in [0.15, 0.2) is 18.3 Å². The monoisotopic (exact) mass is 493 g/mol. The van der Waals surface area contributed by atoms with Gasteiger partial charge in [0.1, 0.15) is 0 Å². The van der Waals surface area contributed by atoms with Crippen molar-refractivity contribution in [1.82, 2.24) is 15.3 Å². The number of rotatable bonds is 2. The van der Waals surface area contributed by atoms with E-state index in [4.69, 9.17) is 9.47 Å². The molecular formula is C19H18IN4O4-. The van der Waals surface area contributed by atoms with Crippen LogP contribution in [-0.2, 0) is 10.2 Å². The predicted molar refractivity (Wildman–Crippen MR) is 95.6 cm³/mol. The van der Waals surface area contributed by atoms with Gasteiger partial charge in [0.2, 0.25) is 0 Å². The molecule has 0 aliphatic carbocycles. The molecule has 1 fully saturated rings. The molecule has 8 nitrogen and oxygen atoms in total. The molecule has 9 heteroatoms. The maximum atomic E-state index is 12.9. The third kappa shape index (κ3) is 2.10. The van der Waals surface area contributed by atoms with Crippen LogP contribution < -0.4 is 40.9 Å². The zero-order chi connectivity index (χ0) is 19.8. The second-order valence-corrected chi connectivity index (χ2v) is 10.7. The summed E-state index contributed by atoms with van der Waals surface area (Å²) in [6.45, 7) is 6.16. The number of aryl methyl sites for hydroxylation is 1. The van der Waals surface area contributed by atoms with Crippen LogP contribution in [0.25, 0.3) is 0 Å². The van der Waals surface area contributed by atoms with Crippen molar-refractivity contribution in [1.29, 1.82) is 0 Å². The van der Waals surface area contributed by atoms with Gasteiger partial charge in [-0.3, -0.25) is 0 Å². The van der Waals surface area contributed by atoms with Crippen LogP contribution in [0.5, 0.6) is 17.4 Å². The van der Waals surface area contributed by atoms with E-state index in [0.717, 1.165) is 21.8 Å². The van der Waals surface area contributed by atoms with Crippen LogP contribution in [-0.4, -0.2) is 37.0 Å². The molecule has 28 heavy (non-hydrogen) atoms. The number of hydrogen-bond donors (Lipinski definition) is 1. The van der Waals surface area contributed by atoms with E-state index in [2.05, 4.69) is 15.3 Å². The summed E-state index contributed by atoms with van der Waals surface area (Å²) in [5.74, 6) is 1.79. The van der Waals surface area contributed by atoms with E-state index < -0.39 is 36.2 Å². The van der Waals surface area contributed by atoms with Crippen molar-refractivity contribution < 1.29 is 40.3 Å². The number of imide groups is 1. The Labute approximate surface area is 171 Å². The number of amides is 3. The summed E-state index contributed by atoms with van der Waals surface area (Å²) >= 11 is -0.546. The summed E-state index contributed by atoms with van der Waals surface area (Å²) in [6, 6.07) is 3.40. The molecular weight excluding hydrogens is 475 g/mol. The summed E-state index contributed by atoms with van der Waals surface area (Å²) < 4.78 is 11.1. The molecule has 1 aromatic carbocycles. The number of hydrogen-bond acceptors (Lipinski definition) is 6. The Morgan fingerprint density at radius 3 is 2.79 bits per heavy atom. The number of anilines is 1. The summed E-state index contributed by atoms with van der Waals surface area (Å²) in [7, 11) is 0. The van der Waals surface area contributed by atoms with Gasteiger partial charge in [0.05, 0.1) is 0 Å². The minimum absolute atomic E-state index is 0.205. The van der Waals surface area contributed by atoms with Crippen LogP contribution >= 0.6 is 0 Å². The minimum atomic E-state index is -0.832. The fraction of sp³-hybridized carbons (Fsp3) is 0.368. The molecule has 1 unspecified atom stereocenters. The van der Waals surface area contributed by atoms with Crippen LogP contribution in [0.1, 0.15) is 30.7 Å². The van der Waals surface area contributed by atoms with Crippen molar-refractivity contribution >= 4 is 17.8 Å². The molecule has 3 aliphatic rings. The molecule has 146 valence electrons. The van der Waals surface area contributed by atoms with Crippen LogP contribution in [0.4, 0.5) is 10.6 Å². The number of nitrogens with one attached hydrogen (secondary N) is 1. The first kappa shape index (κ1) is 17.7. The Bertz CT molecular complexity index is 1070. The van der Waals surface area contributed by atoms with Crippen LogP contribution in [0.2, 0.25) is 0 Å². The molecule has 3 amide bonds.